The molecule has 0 fully saturated rings. The minimum Gasteiger partial charge on any atom is -0.508 e. The highest BCUT2D eigenvalue weighted by molar-refractivity contribution is 5.33. The van der Waals surface area contributed by atoms with E-state index in [9.17, 15) is 0 Å². The fraction of sp³-hybridized carbons (Fsp3) is 0. The number of phenols is 1. The second-order valence-corrected chi connectivity index (χ2v) is 1.76. The summed E-state index contributed by atoms with van der Waals surface area (Å²) in [5, 5.41) is 22.4. The molecule has 0 aromatic heterocycles. The van der Waals surface area contributed by atoms with Crippen LogP contribution in [0, 0.1) is 16.7 Å². The topological polar surface area (TPSA) is 84.9 Å². The van der Waals surface area contributed by atoms with E-state index in [4.69, 9.17) is 20.6 Å². The smallest absolute Gasteiger partial charge is 0.231 e. The lowest BCUT2D eigenvalue weighted by Gasteiger charge is -1.87. The Kier molecular flexibility index (Phi) is 4.66. The first-order chi connectivity index (χ1) is 5.74. The summed E-state index contributed by atoms with van der Waals surface area (Å²) in [6.07, 6.45) is 0.750. The zero-order valence-electron chi connectivity index (χ0n) is 6.11. The summed E-state index contributed by atoms with van der Waals surface area (Å²) < 4.78 is 0. The van der Waals surface area contributed by atoms with Gasteiger partial charge in [-0.25, -0.2) is 10.2 Å². The van der Waals surface area contributed by atoms with Crippen molar-refractivity contribution in [2.45, 2.75) is 0 Å². The molecule has 60 valence electrons. The molecule has 0 unspecified atom stereocenters. The molecule has 0 spiro atoms. The average molecular weight is 162 g/mol. The number of nitrogens with zero attached hydrogens (tertiary/aromatic N) is 1. The van der Waals surface area contributed by atoms with Crippen molar-refractivity contribution in [1.29, 1.82) is 10.7 Å². The van der Waals surface area contributed by atoms with Crippen molar-refractivity contribution in [2.75, 3.05) is 0 Å². The van der Waals surface area contributed by atoms with E-state index in [1.165, 1.54) is 12.1 Å². The fourth-order valence-corrected chi connectivity index (χ4v) is 0.536. The Hall–Kier alpha value is -2.11. The number of rotatable bonds is 0. The summed E-state index contributed by atoms with van der Waals surface area (Å²) in [7, 11) is 0. The normalized spacial score (nSPS) is 6.92. The predicted molar refractivity (Wildman–Crippen MR) is 41.2 cm³/mol. The molecule has 4 nitrogen and oxygen atoms in total. The van der Waals surface area contributed by atoms with Gasteiger partial charge in [0.05, 0.1) is 11.6 Å². The minimum absolute atomic E-state index is 0.189. The quantitative estimate of drug-likeness (QED) is 0.443. The minimum atomic E-state index is 0.189. The fourth-order valence-electron chi connectivity index (χ4n) is 0.536. The maximum absolute atomic E-state index is 8.74. The van der Waals surface area contributed by atoms with E-state index in [2.05, 4.69) is 0 Å². The molecule has 0 aliphatic rings. The van der Waals surface area contributed by atoms with Crippen LogP contribution in [0.4, 0.5) is 0 Å². The number of carbonyl (C=O) groups excluding carboxylic acids is 1. The summed E-state index contributed by atoms with van der Waals surface area (Å²) in [6.45, 7) is 0. The van der Waals surface area contributed by atoms with Crippen molar-refractivity contribution in [3.05, 3.63) is 29.8 Å². The number of benzene rings is 1. The lowest BCUT2D eigenvalue weighted by Crippen LogP contribution is -1.69. The summed E-state index contributed by atoms with van der Waals surface area (Å²) in [5.74, 6) is 0.189. The molecule has 0 atom stereocenters. The zero-order valence-corrected chi connectivity index (χ0v) is 6.11. The van der Waals surface area contributed by atoms with Gasteiger partial charge in [0, 0.05) is 0 Å². The molecule has 0 aliphatic carbocycles. The van der Waals surface area contributed by atoms with Crippen LogP contribution in [-0.4, -0.2) is 11.2 Å². The van der Waals surface area contributed by atoms with Gasteiger partial charge in [-0.05, 0) is 24.3 Å². The van der Waals surface area contributed by atoms with Crippen molar-refractivity contribution >= 4 is 6.08 Å². The molecule has 1 rings (SSSR count). The number of nitriles is 1. The van der Waals surface area contributed by atoms with Crippen LogP contribution in [0.25, 0.3) is 0 Å². The van der Waals surface area contributed by atoms with Gasteiger partial charge in [-0.3, -0.25) is 0 Å². The van der Waals surface area contributed by atoms with Crippen molar-refractivity contribution < 1.29 is 9.90 Å². The van der Waals surface area contributed by atoms with Crippen molar-refractivity contribution in [1.82, 2.24) is 0 Å². The van der Waals surface area contributed by atoms with E-state index >= 15 is 0 Å². The Morgan fingerprint density at radius 3 is 2.08 bits per heavy atom. The molecule has 1 aromatic carbocycles. The van der Waals surface area contributed by atoms with Gasteiger partial charge in [0.1, 0.15) is 5.75 Å². The van der Waals surface area contributed by atoms with Crippen LogP contribution in [-0.2, 0) is 4.79 Å². The molecule has 0 heterocycles. The first kappa shape index (κ1) is 9.89. The van der Waals surface area contributed by atoms with Gasteiger partial charge in [-0.15, -0.1) is 0 Å². The number of nitrogens with one attached hydrogen (secondary N) is 1. The van der Waals surface area contributed by atoms with Gasteiger partial charge in [0.2, 0.25) is 6.08 Å². The van der Waals surface area contributed by atoms with Crippen molar-refractivity contribution in [3.8, 4) is 11.8 Å². The molecule has 1 aromatic rings. The second-order valence-electron chi connectivity index (χ2n) is 1.76. The van der Waals surface area contributed by atoms with Crippen LogP contribution in [0.1, 0.15) is 5.56 Å². The summed E-state index contributed by atoms with van der Waals surface area (Å²) >= 11 is 0. The summed E-state index contributed by atoms with van der Waals surface area (Å²) in [6, 6.07) is 8.04. The van der Waals surface area contributed by atoms with Crippen LogP contribution in [0.3, 0.4) is 0 Å². The summed E-state index contributed by atoms with van der Waals surface area (Å²) in [5.41, 5.74) is 0.563. The zero-order chi connectivity index (χ0) is 9.40. The monoisotopic (exact) mass is 162 g/mol. The Balaban J connectivity index is 0.000000354. The highest BCUT2D eigenvalue weighted by Crippen LogP contribution is 2.07. The maximum atomic E-state index is 8.74. The third kappa shape index (κ3) is 3.83. The van der Waals surface area contributed by atoms with E-state index in [-0.39, 0.29) is 5.75 Å². The number of aromatic hydroxyl groups is 1. The van der Waals surface area contributed by atoms with Crippen molar-refractivity contribution in [3.63, 3.8) is 0 Å². The van der Waals surface area contributed by atoms with Gasteiger partial charge >= 0.3 is 0 Å². The van der Waals surface area contributed by atoms with Crippen LogP contribution in [0.5, 0.6) is 5.75 Å². The number of hydrogen-bond acceptors (Lipinski definition) is 4. The lowest BCUT2D eigenvalue weighted by molar-refractivity contribution is 0.475. The van der Waals surface area contributed by atoms with Crippen LogP contribution < -0.4 is 0 Å². The maximum Gasteiger partial charge on any atom is 0.231 e. The molecule has 0 aliphatic heterocycles. The molecular formula is C8H6N2O2. The Bertz CT molecular complexity index is 305. The predicted octanol–water partition coefficient (Wildman–Crippen LogP) is 1.16. The van der Waals surface area contributed by atoms with E-state index in [1.807, 2.05) is 6.07 Å². The van der Waals surface area contributed by atoms with E-state index in [0.29, 0.717) is 5.56 Å². The standard InChI is InChI=1S/C7H5NO.CHNO/c8-5-6-1-3-7(9)4-2-6;2-1-3/h1-4,9H;2H. The summed E-state index contributed by atoms with van der Waals surface area (Å²) in [4.78, 5) is 8.35. The van der Waals surface area contributed by atoms with Crippen LogP contribution in [0.2, 0.25) is 0 Å². The van der Waals surface area contributed by atoms with E-state index in [1.54, 1.807) is 12.1 Å². The Morgan fingerprint density at radius 1 is 1.33 bits per heavy atom. The van der Waals surface area contributed by atoms with Gasteiger partial charge in [0.25, 0.3) is 0 Å². The van der Waals surface area contributed by atoms with Gasteiger partial charge in [-0.2, -0.15) is 5.26 Å². The Morgan fingerprint density at radius 2 is 1.75 bits per heavy atom. The van der Waals surface area contributed by atoms with Gasteiger partial charge in [0.15, 0.2) is 0 Å². The molecule has 12 heavy (non-hydrogen) atoms. The highest BCUT2D eigenvalue weighted by atomic mass is 16.3. The third-order valence-corrected chi connectivity index (χ3v) is 0.996. The largest absolute Gasteiger partial charge is 0.508 e. The molecule has 4 heteroatoms. The molecule has 0 amide bonds. The Labute approximate surface area is 69.2 Å². The van der Waals surface area contributed by atoms with Crippen molar-refractivity contribution in [2.24, 2.45) is 0 Å². The molecule has 2 N–H and O–H groups in total. The number of hydrogen-bond donors (Lipinski definition) is 2. The molecule has 0 saturated carbocycles. The highest BCUT2D eigenvalue weighted by Gasteiger charge is 1.86. The average Bonchev–Trinajstić information content (AvgIpc) is 2.07. The molecular weight excluding hydrogens is 156 g/mol. The second kappa shape index (κ2) is 5.66. The van der Waals surface area contributed by atoms with Gasteiger partial charge < -0.3 is 5.11 Å². The van der Waals surface area contributed by atoms with E-state index < -0.39 is 0 Å². The van der Waals surface area contributed by atoms with E-state index in [0.717, 1.165) is 6.08 Å². The number of phenolic OH excluding ortho intramolecular Hbond substituents is 1. The third-order valence-electron chi connectivity index (χ3n) is 0.996. The van der Waals surface area contributed by atoms with Gasteiger partial charge in [-0.1, -0.05) is 0 Å². The van der Waals surface area contributed by atoms with Crippen LogP contribution in [0.15, 0.2) is 24.3 Å². The SMILES string of the molecule is N#Cc1ccc(O)cc1.N=C=O. The first-order valence-electron chi connectivity index (χ1n) is 2.97. The number of isocyanates is 1. The molecule has 0 saturated heterocycles. The molecule has 0 radical (unpaired) electrons. The lowest BCUT2D eigenvalue weighted by atomic mass is 10.2. The first-order valence-corrected chi connectivity index (χ1v) is 2.97. The van der Waals surface area contributed by atoms with Crippen LogP contribution >= 0.6 is 0 Å². The molecule has 0 bridgehead atoms.